The van der Waals surface area contributed by atoms with Gasteiger partial charge in [0.2, 0.25) is 9.84 Å². The lowest BCUT2D eigenvalue weighted by molar-refractivity contribution is 0.590. The highest BCUT2D eigenvalue weighted by Crippen LogP contribution is 2.19. The number of benzene rings is 2. The van der Waals surface area contributed by atoms with Crippen molar-refractivity contribution >= 4 is 15.7 Å². The molecule has 0 aliphatic carbocycles. The maximum Gasteiger partial charge on any atom is 0.225 e. The van der Waals surface area contributed by atoms with E-state index in [9.17, 15) is 8.42 Å². The molecular weight excluding hydrogens is 334 g/mol. The van der Waals surface area contributed by atoms with E-state index in [4.69, 9.17) is 0 Å². The highest BCUT2D eigenvalue weighted by molar-refractivity contribution is 7.91. The molecule has 128 valence electrons. The van der Waals surface area contributed by atoms with Crippen LogP contribution in [0.2, 0.25) is 0 Å². The average molecular weight is 353 g/mol. The summed E-state index contributed by atoms with van der Waals surface area (Å²) in [6, 6.07) is 21.5. The minimum atomic E-state index is -3.63. The van der Waals surface area contributed by atoms with Crippen LogP contribution in [0.4, 0.5) is 5.82 Å². The lowest BCUT2D eigenvalue weighted by atomic mass is 10.0. The zero-order valence-electron chi connectivity index (χ0n) is 13.8. The number of nitrogens with one attached hydrogen (secondary N) is 1. The molecular formula is C19H19N3O2S. The van der Waals surface area contributed by atoms with Crippen LogP contribution >= 0.6 is 0 Å². The first-order chi connectivity index (χ1) is 12.1. The molecule has 0 amide bonds. The van der Waals surface area contributed by atoms with Gasteiger partial charge in [0.15, 0.2) is 5.03 Å². The second-order valence-corrected chi connectivity index (χ2v) is 7.66. The van der Waals surface area contributed by atoms with Gasteiger partial charge in [0.25, 0.3) is 0 Å². The van der Waals surface area contributed by atoms with Crippen LogP contribution in [0.5, 0.6) is 0 Å². The molecule has 3 rings (SSSR count). The van der Waals surface area contributed by atoms with Gasteiger partial charge in [-0.05, 0) is 35.7 Å². The van der Waals surface area contributed by atoms with Crippen LogP contribution in [0.15, 0.2) is 82.7 Å². The quantitative estimate of drug-likeness (QED) is 0.734. The topological polar surface area (TPSA) is 72.0 Å². The largest absolute Gasteiger partial charge is 0.368 e. The Hall–Kier alpha value is -2.73. The third-order valence-corrected chi connectivity index (χ3v) is 5.59. The van der Waals surface area contributed by atoms with Crippen molar-refractivity contribution in [3.63, 3.8) is 0 Å². The third kappa shape index (κ3) is 4.03. The van der Waals surface area contributed by atoms with Crippen molar-refractivity contribution in [1.82, 2.24) is 10.2 Å². The number of sulfone groups is 1. The van der Waals surface area contributed by atoms with Crippen LogP contribution in [0.3, 0.4) is 0 Å². The standard InChI is InChI=1S/C19H19N3O2S/c1-15(16-8-4-2-5-9-16)14-20-18-12-13-19(22-21-18)25(23,24)17-10-6-3-7-11-17/h2-13,15H,14H2,1H3,(H,20,21)/t15-/m0/s1. The van der Waals surface area contributed by atoms with Gasteiger partial charge in [0.1, 0.15) is 5.82 Å². The monoisotopic (exact) mass is 353 g/mol. The molecule has 0 aliphatic heterocycles. The summed E-state index contributed by atoms with van der Waals surface area (Å²) in [6.45, 7) is 2.80. The van der Waals surface area contributed by atoms with Gasteiger partial charge >= 0.3 is 0 Å². The fraction of sp³-hybridized carbons (Fsp3) is 0.158. The fourth-order valence-electron chi connectivity index (χ4n) is 2.44. The predicted molar refractivity (Wildman–Crippen MR) is 97.3 cm³/mol. The minimum Gasteiger partial charge on any atom is -0.368 e. The molecule has 0 bridgehead atoms. The van der Waals surface area contributed by atoms with Crippen LogP contribution in [0.1, 0.15) is 18.4 Å². The molecule has 0 fully saturated rings. The summed E-state index contributed by atoms with van der Waals surface area (Å²) in [5, 5.41) is 11.0. The molecule has 1 atom stereocenters. The van der Waals surface area contributed by atoms with E-state index in [0.29, 0.717) is 18.3 Å². The Bertz CT molecular complexity index is 912. The van der Waals surface area contributed by atoms with Gasteiger partial charge in [-0.3, -0.25) is 0 Å². The Morgan fingerprint density at radius 2 is 1.52 bits per heavy atom. The number of anilines is 1. The summed E-state index contributed by atoms with van der Waals surface area (Å²) in [4.78, 5) is 0.211. The number of hydrogen-bond donors (Lipinski definition) is 1. The van der Waals surface area contributed by atoms with Crippen LogP contribution in [0.25, 0.3) is 0 Å². The van der Waals surface area contributed by atoms with Crippen LogP contribution in [-0.2, 0) is 9.84 Å². The van der Waals surface area contributed by atoms with E-state index in [-0.39, 0.29) is 9.92 Å². The number of rotatable bonds is 6. The van der Waals surface area contributed by atoms with E-state index in [1.165, 1.54) is 11.6 Å². The highest BCUT2D eigenvalue weighted by Gasteiger charge is 2.19. The highest BCUT2D eigenvalue weighted by atomic mass is 32.2. The van der Waals surface area contributed by atoms with E-state index < -0.39 is 9.84 Å². The number of hydrogen-bond acceptors (Lipinski definition) is 5. The molecule has 1 aromatic heterocycles. The Labute approximate surface area is 147 Å². The van der Waals surface area contributed by atoms with Crippen molar-refractivity contribution in [3.8, 4) is 0 Å². The summed E-state index contributed by atoms with van der Waals surface area (Å²) in [6.07, 6.45) is 0. The third-order valence-electron chi connectivity index (χ3n) is 3.93. The van der Waals surface area contributed by atoms with E-state index in [1.807, 2.05) is 18.2 Å². The summed E-state index contributed by atoms with van der Waals surface area (Å²) in [5.41, 5.74) is 1.23. The Morgan fingerprint density at radius 3 is 2.12 bits per heavy atom. The summed E-state index contributed by atoms with van der Waals surface area (Å²) in [7, 11) is -3.63. The maximum absolute atomic E-state index is 12.5. The van der Waals surface area contributed by atoms with E-state index >= 15 is 0 Å². The molecule has 0 radical (unpaired) electrons. The molecule has 0 saturated heterocycles. The normalized spacial score (nSPS) is 12.5. The first-order valence-electron chi connectivity index (χ1n) is 8.00. The second-order valence-electron chi connectivity index (χ2n) is 5.77. The molecule has 6 heteroatoms. The van der Waals surface area contributed by atoms with Crippen molar-refractivity contribution in [2.24, 2.45) is 0 Å². The molecule has 1 N–H and O–H groups in total. The Balaban J connectivity index is 1.69. The van der Waals surface area contributed by atoms with Crippen molar-refractivity contribution in [2.45, 2.75) is 22.8 Å². The van der Waals surface area contributed by atoms with Crippen molar-refractivity contribution in [2.75, 3.05) is 11.9 Å². The lowest BCUT2D eigenvalue weighted by Gasteiger charge is -2.13. The molecule has 3 aromatic rings. The summed E-state index contributed by atoms with van der Waals surface area (Å²) >= 11 is 0. The molecule has 0 unspecified atom stereocenters. The van der Waals surface area contributed by atoms with Gasteiger partial charge in [-0.25, -0.2) is 8.42 Å². The molecule has 1 heterocycles. The SMILES string of the molecule is C[C@@H](CNc1ccc(S(=O)(=O)c2ccccc2)nn1)c1ccccc1. The van der Waals surface area contributed by atoms with Crippen LogP contribution in [0, 0.1) is 0 Å². The molecule has 2 aromatic carbocycles. The van der Waals surface area contributed by atoms with Gasteiger partial charge in [-0.2, -0.15) is 0 Å². The average Bonchev–Trinajstić information content (AvgIpc) is 2.68. The van der Waals surface area contributed by atoms with Crippen LogP contribution < -0.4 is 5.32 Å². The van der Waals surface area contributed by atoms with Gasteiger partial charge in [0.05, 0.1) is 4.90 Å². The molecule has 0 spiro atoms. The molecule has 0 aliphatic rings. The number of nitrogens with zero attached hydrogens (tertiary/aromatic N) is 2. The first-order valence-corrected chi connectivity index (χ1v) is 9.48. The fourth-order valence-corrected chi connectivity index (χ4v) is 3.59. The van der Waals surface area contributed by atoms with E-state index in [1.54, 1.807) is 36.4 Å². The van der Waals surface area contributed by atoms with Gasteiger partial charge in [-0.1, -0.05) is 55.5 Å². The van der Waals surface area contributed by atoms with E-state index in [2.05, 4.69) is 34.6 Å². The smallest absolute Gasteiger partial charge is 0.225 e. The van der Waals surface area contributed by atoms with E-state index in [0.717, 1.165) is 0 Å². The summed E-state index contributed by atoms with van der Waals surface area (Å²) in [5.74, 6) is 0.852. The zero-order chi connectivity index (χ0) is 17.7. The lowest BCUT2D eigenvalue weighted by Crippen LogP contribution is -2.12. The maximum atomic E-state index is 12.5. The predicted octanol–water partition coefficient (Wildman–Crippen LogP) is 3.53. The van der Waals surface area contributed by atoms with Gasteiger partial charge in [0, 0.05) is 6.54 Å². The van der Waals surface area contributed by atoms with Crippen molar-refractivity contribution < 1.29 is 8.42 Å². The van der Waals surface area contributed by atoms with Crippen molar-refractivity contribution in [3.05, 3.63) is 78.4 Å². The van der Waals surface area contributed by atoms with Crippen molar-refractivity contribution in [1.29, 1.82) is 0 Å². The van der Waals surface area contributed by atoms with Crippen LogP contribution in [-0.4, -0.2) is 25.2 Å². The second kappa shape index (κ2) is 7.44. The van der Waals surface area contributed by atoms with Gasteiger partial charge in [-0.15, -0.1) is 10.2 Å². The minimum absolute atomic E-state index is 0.0552. The zero-order valence-corrected chi connectivity index (χ0v) is 14.6. The Kier molecular flexibility index (Phi) is 5.09. The first kappa shape index (κ1) is 17.1. The molecule has 25 heavy (non-hydrogen) atoms. The number of aromatic nitrogens is 2. The molecule has 0 saturated carbocycles. The molecule has 5 nitrogen and oxygen atoms in total. The Morgan fingerprint density at radius 1 is 0.880 bits per heavy atom. The van der Waals surface area contributed by atoms with Gasteiger partial charge < -0.3 is 5.32 Å². The summed E-state index contributed by atoms with van der Waals surface area (Å²) < 4.78 is 24.9.